The first-order valence-corrected chi connectivity index (χ1v) is 5.27. The van der Waals surface area contributed by atoms with E-state index in [9.17, 15) is 4.79 Å². The van der Waals surface area contributed by atoms with E-state index in [4.69, 9.17) is 5.73 Å². The highest BCUT2D eigenvalue weighted by Gasteiger charge is 2.39. The van der Waals surface area contributed by atoms with Gasteiger partial charge in [0, 0.05) is 5.69 Å². The van der Waals surface area contributed by atoms with Gasteiger partial charge in [0.1, 0.15) is 0 Å². The second-order valence-electron chi connectivity index (χ2n) is 4.79. The summed E-state index contributed by atoms with van der Waals surface area (Å²) in [7, 11) is 0. The van der Waals surface area contributed by atoms with Gasteiger partial charge in [0.25, 0.3) is 0 Å². The van der Waals surface area contributed by atoms with Gasteiger partial charge in [-0.2, -0.15) is 0 Å². The average Bonchev–Trinajstić information content (AvgIpc) is 2.63. The minimum absolute atomic E-state index is 0.0375. The summed E-state index contributed by atoms with van der Waals surface area (Å²) in [5.41, 5.74) is 9.03. The summed E-state index contributed by atoms with van der Waals surface area (Å²) >= 11 is 0. The molecule has 1 amide bonds. The minimum Gasteiger partial charge on any atom is -0.352 e. The summed E-state index contributed by atoms with van der Waals surface area (Å²) in [5.74, 6) is 0.0375. The number of benzene rings is 1. The predicted molar refractivity (Wildman–Crippen MR) is 63.3 cm³/mol. The molecule has 3 rings (SSSR count). The smallest absolute Gasteiger partial charge is 0.234 e. The van der Waals surface area contributed by atoms with Crippen LogP contribution in [0.5, 0.6) is 0 Å². The zero-order chi connectivity index (χ0) is 11.5. The normalized spacial score (nSPS) is 24.2. The van der Waals surface area contributed by atoms with E-state index in [1.807, 2.05) is 26.0 Å². The van der Waals surface area contributed by atoms with Crippen molar-refractivity contribution in [3.05, 3.63) is 17.7 Å². The van der Waals surface area contributed by atoms with Crippen molar-refractivity contribution in [2.75, 3.05) is 16.0 Å². The highest BCUT2D eigenvalue weighted by molar-refractivity contribution is 6.07. The molecule has 5 N–H and O–H groups in total. The fourth-order valence-electron chi connectivity index (χ4n) is 2.23. The Labute approximate surface area is 93.4 Å². The van der Waals surface area contributed by atoms with Gasteiger partial charge in [0.15, 0.2) is 6.29 Å². The molecule has 2 heterocycles. The Bertz CT molecular complexity index is 495. The molecule has 0 aromatic heterocycles. The molecule has 2 aliphatic heterocycles. The fourth-order valence-corrected chi connectivity index (χ4v) is 2.23. The second-order valence-corrected chi connectivity index (χ2v) is 4.79. The van der Waals surface area contributed by atoms with Crippen LogP contribution >= 0.6 is 0 Å². The van der Waals surface area contributed by atoms with Gasteiger partial charge in [-0.1, -0.05) is 0 Å². The third-order valence-electron chi connectivity index (χ3n) is 3.27. The molecule has 0 saturated carbocycles. The van der Waals surface area contributed by atoms with Crippen molar-refractivity contribution in [2.45, 2.75) is 25.6 Å². The van der Waals surface area contributed by atoms with Crippen LogP contribution in [-0.2, 0) is 10.2 Å². The predicted octanol–water partition coefficient (Wildman–Crippen LogP) is 0.996. The molecule has 5 heteroatoms. The molecule has 5 nitrogen and oxygen atoms in total. The molecule has 1 unspecified atom stereocenters. The molecule has 0 saturated heterocycles. The van der Waals surface area contributed by atoms with Crippen LogP contribution in [0.2, 0.25) is 0 Å². The zero-order valence-corrected chi connectivity index (χ0v) is 9.22. The molecule has 0 spiro atoms. The van der Waals surface area contributed by atoms with E-state index in [2.05, 4.69) is 16.0 Å². The number of amides is 1. The van der Waals surface area contributed by atoms with Gasteiger partial charge in [0.2, 0.25) is 5.91 Å². The zero-order valence-electron chi connectivity index (χ0n) is 9.22. The van der Waals surface area contributed by atoms with Crippen molar-refractivity contribution < 1.29 is 4.79 Å². The lowest BCUT2D eigenvalue weighted by Gasteiger charge is -2.15. The third kappa shape index (κ3) is 1.06. The van der Waals surface area contributed by atoms with Gasteiger partial charge in [-0.15, -0.1) is 0 Å². The summed E-state index contributed by atoms with van der Waals surface area (Å²) in [4.78, 5) is 11.8. The number of anilines is 3. The lowest BCUT2D eigenvalue weighted by Crippen LogP contribution is -2.32. The molecule has 0 radical (unpaired) electrons. The molecule has 1 aromatic rings. The summed E-state index contributed by atoms with van der Waals surface area (Å²) in [6.45, 7) is 3.84. The van der Waals surface area contributed by atoms with Gasteiger partial charge in [-0.25, -0.2) is 0 Å². The highest BCUT2D eigenvalue weighted by atomic mass is 16.2. The van der Waals surface area contributed by atoms with Gasteiger partial charge in [-0.05, 0) is 31.5 Å². The molecular weight excluding hydrogens is 204 g/mol. The summed E-state index contributed by atoms with van der Waals surface area (Å²) in [5, 5.41) is 9.08. The van der Waals surface area contributed by atoms with Crippen molar-refractivity contribution >= 4 is 23.0 Å². The van der Waals surface area contributed by atoms with E-state index in [1.165, 1.54) is 0 Å². The van der Waals surface area contributed by atoms with E-state index in [-0.39, 0.29) is 12.2 Å². The molecule has 84 valence electrons. The number of hydrogen-bond acceptors (Lipinski definition) is 4. The monoisotopic (exact) mass is 218 g/mol. The standard InChI is InChI=1S/C11H14N4O/c1-11(2)5-3-7-8(15-10(12)14-7)4-6(5)13-9(11)16/h3-4,10,14-15H,12H2,1-2H3,(H,13,16). The van der Waals surface area contributed by atoms with Crippen LogP contribution in [0.1, 0.15) is 19.4 Å². The number of carbonyl (C=O) groups is 1. The van der Waals surface area contributed by atoms with Crippen LogP contribution < -0.4 is 21.7 Å². The Morgan fingerprint density at radius 2 is 1.81 bits per heavy atom. The van der Waals surface area contributed by atoms with E-state index in [0.717, 1.165) is 22.6 Å². The first-order chi connectivity index (χ1) is 7.48. The van der Waals surface area contributed by atoms with Crippen molar-refractivity contribution in [2.24, 2.45) is 5.73 Å². The molecular formula is C11H14N4O. The third-order valence-corrected chi connectivity index (χ3v) is 3.27. The topological polar surface area (TPSA) is 79.2 Å². The maximum Gasteiger partial charge on any atom is 0.234 e. The van der Waals surface area contributed by atoms with E-state index in [0.29, 0.717) is 0 Å². The van der Waals surface area contributed by atoms with Crippen LogP contribution in [-0.4, -0.2) is 12.2 Å². The first kappa shape index (κ1) is 9.47. The largest absolute Gasteiger partial charge is 0.352 e. The van der Waals surface area contributed by atoms with Gasteiger partial charge >= 0.3 is 0 Å². The Kier molecular flexibility index (Phi) is 1.59. The summed E-state index contributed by atoms with van der Waals surface area (Å²) < 4.78 is 0. The molecule has 1 aromatic carbocycles. The van der Waals surface area contributed by atoms with Crippen LogP contribution in [0.3, 0.4) is 0 Å². The van der Waals surface area contributed by atoms with Crippen LogP contribution in [0.4, 0.5) is 17.1 Å². The lowest BCUT2D eigenvalue weighted by molar-refractivity contribution is -0.119. The number of nitrogens with one attached hydrogen (secondary N) is 3. The number of carbonyl (C=O) groups excluding carboxylic acids is 1. The van der Waals surface area contributed by atoms with Gasteiger partial charge in [-0.3, -0.25) is 10.5 Å². The van der Waals surface area contributed by atoms with Crippen molar-refractivity contribution in [1.82, 2.24) is 0 Å². The van der Waals surface area contributed by atoms with Gasteiger partial charge < -0.3 is 16.0 Å². The summed E-state index contributed by atoms with van der Waals surface area (Å²) in [6.07, 6.45) is -0.253. The maximum atomic E-state index is 11.8. The summed E-state index contributed by atoms with van der Waals surface area (Å²) in [6, 6.07) is 3.92. The van der Waals surface area contributed by atoms with Crippen LogP contribution in [0.15, 0.2) is 12.1 Å². The van der Waals surface area contributed by atoms with E-state index in [1.54, 1.807) is 0 Å². The van der Waals surface area contributed by atoms with Crippen LogP contribution in [0, 0.1) is 0 Å². The highest BCUT2D eigenvalue weighted by Crippen LogP contribution is 2.43. The Morgan fingerprint density at radius 1 is 1.19 bits per heavy atom. The number of rotatable bonds is 0. The number of hydrogen-bond donors (Lipinski definition) is 4. The molecule has 16 heavy (non-hydrogen) atoms. The van der Waals surface area contributed by atoms with Gasteiger partial charge in [0.05, 0.1) is 16.8 Å². The first-order valence-electron chi connectivity index (χ1n) is 5.27. The minimum atomic E-state index is -0.473. The Balaban J connectivity index is 2.16. The maximum absolute atomic E-state index is 11.8. The molecule has 0 bridgehead atoms. The van der Waals surface area contributed by atoms with Crippen molar-refractivity contribution in [3.8, 4) is 0 Å². The van der Waals surface area contributed by atoms with Crippen molar-refractivity contribution in [1.29, 1.82) is 0 Å². The molecule has 0 aliphatic carbocycles. The second kappa shape index (κ2) is 2.68. The fraction of sp³-hybridized carbons (Fsp3) is 0.364. The Hall–Kier alpha value is -1.75. The average molecular weight is 218 g/mol. The lowest BCUT2D eigenvalue weighted by atomic mass is 9.86. The quantitative estimate of drug-likeness (QED) is 0.523. The Morgan fingerprint density at radius 3 is 2.50 bits per heavy atom. The molecule has 1 atom stereocenters. The molecule has 0 fully saturated rings. The SMILES string of the molecule is CC1(C)C(=O)Nc2cc3c(cc21)NC(N)N3. The van der Waals surface area contributed by atoms with E-state index < -0.39 is 5.41 Å². The van der Waals surface area contributed by atoms with E-state index >= 15 is 0 Å². The van der Waals surface area contributed by atoms with Crippen molar-refractivity contribution in [3.63, 3.8) is 0 Å². The number of nitrogens with two attached hydrogens (primary N) is 1. The molecule has 2 aliphatic rings. The number of fused-ring (bicyclic) bond motifs is 2. The van der Waals surface area contributed by atoms with Crippen LogP contribution in [0.25, 0.3) is 0 Å².